The third-order valence-electron chi connectivity index (χ3n) is 4.65. The van der Waals surface area contributed by atoms with Crippen LogP contribution < -0.4 is 5.32 Å². The van der Waals surface area contributed by atoms with Crippen LogP contribution >= 0.6 is 0 Å². The van der Waals surface area contributed by atoms with Gasteiger partial charge in [0.05, 0.1) is 12.4 Å². The van der Waals surface area contributed by atoms with Crippen LogP contribution in [-0.4, -0.2) is 57.2 Å². The molecule has 0 aromatic heterocycles. The smallest absolute Gasteiger partial charge is 0.238 e. The Labute approximate surface area is 127 Å². The average Bonchev–Trinajstić information content (AvgIpc) is 3.01. The van der Waals surface area contributed by atoms with Crippen LogP contribution in [0.2, 0.25) is 0 Å². The molecule has 7 heteroatoms. The summed E-state index contributed by atoms with van der Waals surface area (Å²) in [6.45, 7) is 3.14. The van der Waals surface area contributed by atoms with E-state index in [2.05, 4.69) is 12.2 Å². The maximum absolute atomic E-state index is 12.3. The second-order valence-corrected chi connectivity index (χ2v) is 8.41. The van der Waals surface area contributed by atoms with Crippen molar-refractivity contribution in [1.82, 2.24) is 9.62 Å². The van der Waals surface area contributed by atoms with E-state index < -0.39 is 16.1 Å². The zero-order valence-electron chi connectivity index (χ0n) is 13.0. The lowest BCUT2D eigenvalue weighted by Gasteiger charge is -2.21. The highest BCUT2D eigenvalue weighted by Crippen LogP contribution is 2.30. The number of methoxy groups -OCH3 is 1. The third-order valence-corrected chi connectivity index (χ3v) is 5.90. The normalized spacial score (nSPS) is 34.2. The molecule has 1 heterocycles. The first-order chi connectivity index (χ1) is 9.81. The lowest BCUT2D eigenvalue weighted by molar-refractivity contribution is -0.124. The van der Waals surface area contributed by atoms with Gasteiger partial charge in [0.2, 0.25) is 15.9 Å². The summed E-state index contributed by atoms with van der Waals surface area (Å²) in [5, 5.41) is 2.93. The summed E-state index contributed by atoms with van der Waals surface area (Å²) < 4.78 is 30.1. The molecule has 2 rings (SSSR count). The number of nitrogens with one attached hydrogen (secondary N) is 1. The topological polar surface area (TPSA) is 75.7 Å². The van der Waals surface area contributed by atoms with Crippen LogP contribution in [-0.2, 0) is 19.6 Å². The van der Waals surface area contributed by atoms with Crippen LogP contribution in [0.3, 0.4) is 0 Å². The Morgan fingerprint density at radius 2 is 2.05 bits per heavy atom. The Morgan fingerprint density at radius 3 is 2.57 bits per heavy atom. The van der Waals surface area contributed by atoms with E-state index in [4.69, 9.17) is 4.74 Å². The molecule has 2 aliphatic rings. The largest absolute Gasteiger partial charge is 0.380 e. The van der Waals surface area contributed by atoms with E-state index in [-0.39, 0.29) is 18.6 Å². The molecular formula is C14H26N2O4S. The molecule has 21 heavy (non-hydrogen) atoms. The Hall–Kier alpha value is -0.660. The van der Waals surface area contributed by atoms with Gasteiger partial charge in [-0.25, -0.2) is 8.42 Å². The average molecular weight is 318 g/mol. The van der Waals surface area contributed by atoms with Gasteiger partial charge in [0.25, 0.3) is 0 Å². The Morgan fingerprint density at radius 1 is 1.33 bits per heavy atom. The Bertz CT molecular complexity index is 479. The maximum atomic E-state index is 12.3. The van der Waals surface area contributed by atoms with Gasteiger partial charge < -0.3 is 10.1 Å². The molecule has 4 atom stereocenters. The van der Waals surface area contributed by atoms with Crippen molar-refractivity contribution >= 4 is 15.9 Å². The minimum Gasteiger partial charge on any atom is -0.380 e. The summed E-state index contributed by atoms with van der Waals surface area (Å²) in [6.07, 6.45) is 4.86. The van der Waals surface area contributed by atoms with Gasteiger partial charge in [-0.15, -0.1) is 0 Å². The number of carbonyl (C=O) groups excluding carboxylic acids is 1. The molecule has 2 unspecified atom stereocenters. The molecule has 2 fully saturated rings. The number of hydrogen-bond donors (Lipinski definition) is 1. The molecule has 122 valence electrons. The fourth-order valence-electron chi connectivity index (χ4n) is 3.42. The van der Waals surface area contributed by atoms with E-state index in [1.807, 2.05) is 0 Å². The number of sulfonamides is 1. The van der Waals surface area contributed by atoms with Gasteiger partial charge in [0.15, 0.2) is 0 Å². The molecule has 0 aromatic rings. The highest BCUT2D eigenvalue weighted by Gasteiger charge is 2.41. The Balaban J connectivity index is 1.93. The van der Waals surface area contributed by atoms with Gasteiger partial charge >= 0.3 is 0 Å². The van der Waals surface area contributed by atoms with Gasteiger partial charge in [-0.2, -0.15) is 4.31 Å². The van der Waals surface area contributed by atoms with Gasteiger partial charge in [-0.05, 0) is 24.7 Å². The number of ether oxygens (including phenoxy) is 1. The van der Waals surface area contributed by atoms with Crippen molar-refractivity contribution in [3.63, 3.8) is 0 Å². The van der Waals surface area contributed by atoms with E-state index in [1.54, 1.807) is 7.11 Å². The lowest BCUT2D eigenvalue weighted by Crippen LogP contribution is -2.46. The maximum Gasteiger partial charge on any atom is 0.238 e. The van der Waals surface area contributed by atoms with Crippen molar-refractivity contribution < 1.29 is 17.9 Å². The number of nitrogens with zero attached hydrogens (tertiary/aromatic N) is 1. The lowest BCUT2D eigenvalue weighted by atomic mass is 10.1. The van der Waals surface area contributed by atoms with Crippen LogP contribution in [0.4, 0.5) is 0 Å². The van der Waals surface area contributed by atoms with Crippen LogP contribution in [0.15, 0.2) is 0 Å². The molecule has 1 aliphatic heterocycles. The molecule has 6 nitrogen and oxygen atoms in total. The first-order valence-corrected chi connectivity index (χ1v) is 9.43. The zero-order chi connectivity index (χ0) is 15.6. The quantitative estimate of drug-likeness (QED) is 0.805. The Kier molecular flexibility index (Phi) is 5.27. The fourth-order valence-corrected chi connectivity index (χ4v) is 4.50. The SMILES string of the molecule is CO[C@H]1C[C@H](C(=O)NCC2CCC(C)C2)N(S(C)(=O)=O)C1. The monoisotopic (exact) mass is 318 g/mol. The summed E-state index contributed by atoms with van der Waals surface area (Å²) in [4.78, 5) is 12.3. The van der Waals surface area contributed by atoms with E-state index in [0.29, 0.717) is 18.9 Å². The van der Waals surface area contributed by atoms with Crippen molar-refractivity contribution in [3.8, 4) is 0 Å². The number of hydrogen-bond acceptors (Lipinski definition) is 4. The molecule has 1 aliphatic carbocycles. The highest BCUT2D eigenvalue weighted by atomic mass is 32.2. The number of rotatable bonds is 5. The van der Waals surface area contributed by atoms with Crippen molar-refractivity contribution in [2.24, 2.45) is 11.8 Å². The first-order valence-electron chi connectivity index (χ1n) is 7.58. The van der Waals surface area contributed by atoms with Crippen molar-refractivity contribution in [2.75, 3.05) is 26.5 Å². The summed E-state index contributed by atoms with van der Waals surface area (Å²) in [7, 11) is -1.85. The van der Waals surface area contributed by atoms with Gasteiger partial charge in [-0.1, -0.05) is 13.3 Å². The first kappa shape index (κ1) is 16.7. The van der Waals surface area contributed by atoms with Crippen molar-refractivity contribution in [3.05, 3.63) is 0 Å². The van der Waals surface area contributed by atoms with E-state index in [9.17, 15) is 13.2 Å². The van der Waals surface area contributed by atoms with Gasteiger partial charge in [0, 0.05) is 26.6 Å². The van der Waals surface area contributed by atoms with E-state index in [1.165, 1.54) is 10.7 Å². The zero-order valence-corrected chi connectivity index (χ0v) is 13.9. The van der Waals surface area contributed by atoms with E-state index in [0.717, 1.165) is 25.0 Å². The summed E-state index contributed by atoms with van der Waals surface area (Å²) in [6, 6.07) is -0.635. The molecule has 1 N–H and O–H groups in total. The van der Waals surface area contributed by atoms with Gasteiger partial charge in [0.1, 0.15) is 6.04 Å². The second kappa shape index (κ2) is 6.62. The summed E-state index contributed by atoms with van der Waals surface area (Å²) in [5.41, 5.74) is 0. The second-order valence-electron chi connectivity index (χ2n) is 6.47. The van der Waals surface area contributed by atoms with Crippen LogP contribution in [0.1, 0.15) is 32.6 Å². The molecule has 0 aromatic carbocycles. The standard InChI is InChI=1S/C14H26N2O4S/c1-10-4-5-11(6-10)8-15-14(17)13-7-12(20-2)9-16(13)21(3,18)19/h10-13H,4-9H2,1-3H3,(H,15,17)/t10?,11?,12-,13+/m0/s1. The number of carbonyl (C=O) groups is 1. The van der Waals surface area contributed by atoms with Crippen LogP contribution in [0.5, 0.6) is 0 Å². The van der Waals surface area contributed by atoms with Crippen molar-refractivity contribution in [2.45, 2.75) is 44.8 Å². The summed E-state index contributed by atoms with van der Waals surface area (Å²) >= 11 is 0. The molecule has 1 saturated heterocycles. The molecule has 0 spiro atoms. The minimum atomic E-state index is -3.39. The number of amides is 1. The third kappa shape index (κ3) is 4.17. The van der Waals surface area contributed by atoms with Crippen LogP contribution in [0.25, 0.3) is 0 Å². The van der Waals surface area contributed by atoms with Crippen LogP contribution in [0, 0.1) is 11.8 Å². The predicted octanol–water partition coefficient (Wildman–Crippen LogP) is 0.588. The molecule has 0 radical (unpaired) electrons. The van der Waals surface area contributed by atoms with Gasteiger partial charge in [-0.3, -0.25) is 4.79 Å². The predicted molar refractivity (Wildman–Crippen MR) is 80.3 cm³/mol. The molecular weight excluding hydrogens is 292 g/mol. The molecule has 1 saturated carbocycles. The minimum absolute atomic E-state index is 0.195. The van der Waals surface area contributed by atoms with Crippen molar-refractivity contribution in [1.29, 1.82) is 0 Å². The van der Waals surface area contributed by atoms with E-state index >= 15 is 0 Å². The fraction of sp³-hybridized carbons (Fsp3) is 0.929. The summed E-state index contributed by atoms with van der Waals surface area (Å²) in [5.74, 6) is 1.05. The molecule has 1 amide bonds. The highest BCUT2D eigenvalue weighted by molar-refractivity contribution is 7.88. The molecule has 0 bridgehead atoms.